The van der Waals surface area contributed by atoms with Crippen molar-refractivity contribution in [3.05, 3.63) is 119 Å². The van der Waals surface area contributed by atoms with Gasteiger partial charge >= 0.3 is 0 Å². The van der Waals surface area contributed by atoms with Gasteiger partial charge in [0.2, 0.25) is 0 Å². The molecule has 4 aromatic carbocycles. The Hall–Kier alpha value is -3.84. The molecule has 0 spiro atoms. The van der Waals surface area contributed by atoms with Crippen LogP contribution in [0, 0.1) is 35.1 Å². The van der Waals surface area contributed by atoms with Crippen molar-refractivity contribution in [2.45, 2.75) is 19.8 Å². The Kier molecular flexibility index (Phi) is 6.60. The highest BCUT2D eigenvalue weighted by atomic mass is 19.2. The third-order valence-electron chi connectivity index (χ3n) is 5.37. The van der Waals surface area contributed by atoms with Crippen LogP contribution in [0.5, 0.6) is 0 Å². The summed E-state index contributed by atoms with van der Waals surface area (Å²) in [6.07, 6.45) is 5.55. The summed E-state index contributed by atoms with van der Waals surface area (Å²) >= 11 is 0. The standard InChI is InChI=1S/C29H20F4/c1-2-3-4-5-19-8-13-25(27(31)15-19)23-12-11-21(26(30)17-23)9-6-20-7-10-22-16-28(32)29(33)18-24(22)14-20/h2-3,7-8,10-18H,4-5H2,1H3/b3-2+. The van der Waals surface area contributed by atoms with Crippen molar-refractivity contribution in [3.63, 3.8) is 0 Å². The number of hydrogen-bond acceptors (Lipinski definition) is 0. The second-order valence-electron chi connectivity index (χ2n) is 7.69. The zero-order valence-corrected chi connectivity index (χ0v) is 17.9. The molecule has 0 heterocycles. The number of halogens is 4. The first-order chi connectivity index (χ1) is 15.9. The average Bonchev–Trinajstić information content (AvgIpc) is 2.79. The van der Waals surface area contributed by atoms with Gasteiger partial charge in [-0.05, 0) is 84.1 Å². The summed E-state index contributed by atoms with van der Waals surface area (Å²) in [5, 5.41) is 1.05. The van der Waals surface area contributed by atoms with Crippen LogP contribution in [0.25, 0.3) is 21.9 Å². The molecule has 0 aromatic heterocycles. The fourth-order valence-electron chi connectivity index (χ4n) is 3.61. The quantitative estimate of drug-likeness (QED) is 0.170. The molecule has 0 radical (unpaired) electrons. The molecule has 0 N–H and O–H groups in total. The first-order valence-corrected chi connectivity index (χ1v) is 10.5. The Morgan fingerprint density at radius 1 is 0.697 bits per heavy atom. The summed E-state index contributed by atoms with van der Waals surface area (Å²) in [4.78, 5) is 0. The summed E-state index contributed by atoms with van der Waals surface area (Å²) in [5.41, 5.74) is 2.34. The summed E-state index contributed by atoms with van der Waals surface area (Å²) in [6, 6.07) is 16.5. The molecule has 0 unspecified atom stereocenters. The van der Waals surface area contributed by atoms with Gasteiger partial charge in [0.25, 0.3) is 0 Å². The number of benzene rings is 4. The molecule has 0 saturated heterocycles. The lowest BCUT2D eigenvalue weighted by Gasteiger charge is -2.07. The minimum atomic E-state index is -0.938. The van der Waals surface area contributed by atoms with E-state index in [0.717, 1.165) is 30.5 Å². The smallest absolute Gasteiger partial charge is 0.159 e. The SMILES string of the molecule is C/C=C/CCc1ccc(-c2ccc(C#Cc3ccc4cc(F)c(F)cc4c3)c(F)c2)c(F)c1. The zero-order valence-electron chi connectivity index (χ0n) is 17.9. The Morgan fingerprint density at radius 2 is 1.48 bits per heavy atom. The van der Waals surface area contributed by atoms with Gasteiger partial charge in [-0.15, -0.1) is 0 Å². The van der Waals surface area contributed by atoms with Crippen LogP contribution >= 0.6 is 0 Å². The van der Waals surface area contributed by atoms with Crippen LogP contribution in [0.3, 0.4) is 0 Å². The van der Waals surface area contributed by atoms with E-state index in [1.54, 1.807) is 30.3 Å². The minimum absolute atomic E-state index is 0.160. The molecular formula is C29H20F4. The van der Waals surface area contributed by atoms with Crippen LogP contribution in [0.15, 0.2) is 78.9 Å². The van der Waals surface area contributed by atoms with E-state index in [-0.39, 0.29) is 5.56 Å². The van der Waals surface area contributed by atoms with Crippen molar-refractivity contribution in [2.75, 3.05) is 0 Å². The van der Waals surface area contributed by atoms with Gasteiger partial charge in [0.1, 0.15) is 11.6 Å². The molecule has 33 heavy (non-hydrogen) atoms. The molecule has 0 aliphatic carbocycles. The Balaban J connectivity index is 1.57. The lowest BCUT2D eigenvalue weighted by molar-refractivity contribution is 0.511. The van der Waals surface area contributed by atoms with Gasteiger partial charge in [-0.3, -0.25) is 0 Å². The first kappa shape index (κ1) is 22.4. The van der Waals surface area contributed by atoms with Crippen LogP contribution in [0.4, 0.5) is 17.6 Å². The topological polar surface area (TPSA) is 0 Å². The molecule has 0 fully saturated rings. The highest BCUT2D eigenvalue weighted by Crippen LogP contribution is 2.26. The van der Waals surface area contributed by atoms with Crippen molar-refractivity contribution < 1.29 is 17.6 Å². The highest BCUT2D eigenvalue weighted by molar-refractivity contribution is 5.84. The van der Waals surface area contributed by atoms with E-state index in [1.807, 2.05) is 25.1 Å². The largest absolute Gasteiger partial charge is 0.206 e. The van der Waals surface area contributed by atoms with Gasteiger partial charge in [0.05, 0.1) is 5.56 Å². The highest BCUT2D eigenvalue weighted by Gasteiger charge is 2.09. The fourth-order valence-corrected chi connectivity index (χ4v) is 3.61. The second-order valence-corrected chi connectivity index (χ2v) is 7.69. The molecule has 0 atom stereocenters. The first-order valence-electron chi connectivity index (χ1n) is 10.5. The van der Waals surface area contributed by atoms with Crippen molar-refractivity contribution in [2.24, 2.45) is 0 Å². The van der Waals surface area contributed by atoms with Crippen molar-refractivity contribution >= 4 is 10.8 Å². The second kappa shape index (κ2) is 9.75. The van der Waals surface area contributed by atoms with E-state index in [0.29, 0.717) is 27.5 Å². The van der Waals surface area contributed by atoms with E-state index < -0.39 is 23.3 Å². The third-order valence-corrected chi connectivity index (χ3v) is 5.37. The van der Waals surface area contributed by atoms with Crippen LogP contribution in [0.1, 0.15) is 30.0 Å². The Morgan fingerprint density at radius 3 is 2.21 bits per heavy atom. The average molecular weight is 444 g/mol. The molecule has 0 aliphatic rings. The number of allylic oxidation sites excluding steroid dienone is 2. The fraction of sp³-hybridized carbons (Fsp3) is 0.103. The molecule has 0 aliphatic heterocycles. The van der Waals surface area contributed by atoms with Gasteiger partial charge in [-0.2, -0.15) is 0 Å². The zero-order chi connectivity index (χ0) is 23.4. The van der Waals surface area contributed by atoms with E-state index in [4.69, 9.17) is 0 Å². The normalized spacial score (nSPS) is 11.1. The lowest BCUT2D eigenvalue weighted by Crippen LogP contribution is -1.92. The van der Waals surface area contributed by atoms with E-state index in [1.165, 1.54) is 18.2 Å². The van der Waals surface area contributed by atoms with E-state index >= 15 is 0 Å². The number of rotatable bonds is 4. The maximum Gasteiger partial charge on any atom is 0.159 e. The van der Waals surface area contributed by atoms with Gasteiger partial charge in [0, 0.05) is 11.1 Å². The van der Waals surface area contributed by atoms with E-state index in [2.05, 4.69) is 11.8 Å². The van der Waals surface area contributed by atoms with Gasteiger partial charge in [0.15, 0.2) is 11.6 Å². The van der Waals surface area contributed by atoms with E-state index in [9.17, 15) is 17.6 Å². The maximum atomic E-state index is 14.7. The summed E-state index contributed by atoms with van der Waals surface area (Å²) in [6.45, 7) is 1.94. The lowest BCUT2D eigenvalue weighted by atomic mass is 10.00. The molecule has 4 aromatic rings. The van der Waals surface area contributed by atoms with Crippen LogP contribution < -0.4 is 0 Å². The molecule has 164 valence electrons. The van der Waals surface area contributed by atoms with Crippen LogP contribution in [-0.4, -0.2) is 0 Å². The van der Waals surface area contributed by atoms with Crippen molar-refractivity contribution in [1.82, 2.24) is 0 Å². The van der Waals surface area contributed by atoms with Gasteiger partial charge < -0.3 is 0 Å². The molecule has 0 nitrogen and oxygen atoms in total. The van der Waals surface area contributed by atoms with Gasteiger partial charge in [-0.25, -0.2) is 17.6 Å². The molecule has 0 saturated carbocycles. The third kappa shape index (κ3) is 5.15. The summed E-state index contributed by atoms with van der Waals surface area (Å²) in [5.74, 6) is 2.79. The molecule has 4 rings (SSSR count). The minimum Gasteiger partial charge on any atom is -0.206 e. The number of fused-ring (bicyclic) bond motifs is 1. The molecule has 4 heteroatoms. The van der Waals surface area contributed by atoms with Crippen LogP contribution in [0.2, 0.25) is 0 Å². The summed E-state index contributed by atoms with van der Waals surface area (Å²) in [7, 11) is 0. The van der Waals surface area contributed by atoms with Gasteiger partial charge in [-0.1, -0.05) is 48.3 Å². The van der Waals surface area contributed by atoms with Crippen molar-refractivity contribution in [1.29, 1.82) is 0 Å². The predicted molar refractivity (Wildman–Crippen MR) is 125 cm³/mol. The Bertz CT molecular complexity index is 1420. The number of hydrogen-bond donors (Lipinski definition) is 0. The molecule has 0 amide bonds. The Labute approximate surface area is 190 Å². The van der Waals surface area contributed by atoms with Crippen LogP contribution in [-0.2, 0) is 6.42 Å². The maximum absolute atomic E-state index is 14.7. The predicted octanol–water partition coefficient (Wildman–Crippen LogP) is 7.97. The summed E-state index contributed by atoms with van der Waals surface area (Å²) < 4.78 is 56.1. The van der Waals surface area contributed by atoms with Crippen molar-refractivity contribution in [3.8, 4) is 23.0 Å². The molecular weight excluding hydrogens is 424 g/mol. The number of aryl methyl sites for hydroxylation is 1. The molecule has 0 bridgehead atoms. The monoisotopic (exact) mass is 444 g/mol.